The Labute approximate surface area is 193 Å². The molecule has 0 aliphatic heterocycles. The smallest absolute Gasteiger partial charge is 0.406 e. The number of alkyl halides is 3. The minimum Gasteiger partial charge on any atom is -0.406 e. The third kappa shape index (κ3) is 5.64. The highest BCUT2D eigenvalue weighted by atomic mass is 19.4. The quantitative estimate of drug-likeness (QED) is 0.409. The van der Waals surface area contributed by atoms with E-state index in [1.807, 2.05) is 32.0 Å². The van der Waals surface area contributed by atoms with Gasteiger partial charge in [0.1, 0.15) is 18.0 Å². The summed E-state index contributed by atoms with van der Waals surface area (Å²) in [5.74, 6) is -0.158. The molecule has 2 aromatic heterocycles. The molecule has 2 aromatic carbocycles. The fourth-order valence-corrected chi connectivity index (χ4v) is 3.32. The van der Waals surface area contributed by atoms with E-state index in [2.05, 4.69) is 20.2 Å². The summed E-state index contributed by atoms with van der Waals surface area (Å²) in [5.41, 5.74) is 4.36. The molecule has 0 aliphatic rings. The number of ether oxygens (including phenoxy) is 1. The summed E-state index contributed by atoms with van der Waals surface area (Å²) < 4.78 is 47.8. The lowest BCUT2D eigenvalue weighted by Crippen LogP contribution is -2.27. The Morgan fingerprint density at radius 3 is 2.56 bits per heavy atom. The maximum absolute atomic E-state index is 12.5. The van der Waals surface area contributed by atoms with Gasteiger partial charge in [0.25, 0.3) is 5.89 Å². The summed E-state index contributed by atoms with van der Waals surface area (Å²) in [7, 11) is 0. The van der Waals surface area contributed by atoms with Gasteiger partial charge in [0.15, 0.2) is 0 Å². The number of rotatable bonds is 7. The van der Waals surface area contributed by atoms with Crippen molar-refractivity contribution < 1.29 is 27.2 Å². The zero-order valence-electron chi connectivity index (χ0n) is 18.4. The van der Waals surface area contributed by atoms with Gasteiger partial charge in [-0.05, 0) is 66.9 Å². The Hall–Kier alpha value is -4.08. The zero-order valence-corrected chi connectivity index (χ0v) is 18.4. The normalized spacial score (nSPS) is 11.4. The molecule has 0 fully saturated rings. The van der Waals surface area contributed by atoms with E-state index >= 15 is 0 Å². The molecule has 4 rings (SSSR count). The molecule has 0 saturated carbocycles. The standard InChI is InChI=1S/C24H21F3N4O3/c1-15-5-6-17(12-16(15)2)13-28-21(32)14-31-11-3-4-20(31)23-29-22(30-34-23)18-7-9-19(10-8-18)33-24(25,26)27/h3-12H,13-14H2,1-2H3,(H,28,32). The monoisotopic (exact) mass is 470 g/mol. The van der Waals surface area contributed by atoms with Crippen LogP contribution in [0.2, 0.25) is 0 Å². The Bertz CT molecular complexity index is 1290. The molecule has 1 N–H and O–H groups in total. The number of aryl methyl sites for hydroxylation is 2. The molecule has 10 heteroatoms. The van der Waals surface area contributed by atoms with E-state index in [4.69, 9.17) is 4.52 Å². The Morgan fingerprint density at radius 2 is 1.85 bits per heavy atom. The molecule has 7 nitrogen and oxygen atoms in total. The van der Waals surface area contributed by atoms with Crippen LogP contribution in [0.25, 0.3) is 23.0 Å². The molecule has 0 atom stereocenters. The Morgan fingerprint density at radius 1 is 1.09 bits per heavy atom. The highest BCUT2D eigenvalue weighted by Gasteiger charge is 2.31. The van der Waals surface area contributed by atoms with E-state index in [-0.39, 0.29) is 29.9 Å². The SMILES string of the molecule is Cc1ccc(CNC(=O)Cn2cccc2-c2nc(-c3ccc(OC(F)(F)F)cc3)no2)cc1C. The lowest BCUT2D eigenvalue weighted by atomic mass is 10.1. The second-order valence-corrected chi connectivity index (χ2v) is 7.71. The van der Waals surface area contributed by atoms with Gasteiger partial charge in [0, 0.05) is 18.3 Å². The highest BCUT2D eigenvalue weighted by molar-refractivity contribution is 5.76. The molecule has 0 aliphatic carbocycles. The van der Waals surface area contributed by atoms with Crippen LogP contribution in [0.15, 0.2) is 65.3 Å². The third-order valence-corrected chi connectivity index (χ3v) is 5.20. The van der Waals surface area contributed by atoms with Crippen LogP contribution in [0.4, 0.5) is 13.2 Å². The second-order valence-electron chi connectivity index (χ2n) is 7.71. The zero-order chi connectivity index (χ0) is 24.3. The van der Waals surface area contributed by atoms with Crippen molar-refractivity contribution in [2.45, 2.75) is 33.3 Å². The van der Waals surface area contributed by atoms with Crippen molar-refractivity contribution in [1.82, 2.24) is 20.0 Å². The van der Waals surface area contributed by atoms with Crippen LogP contribution in [0.5, 0.6) is 5.75 Å². The first kappa shape index (κ1) is 23.1. The first-order chi connectivity index (χ1) is 16.2. The van der Waals surface area contributed by atoms with Crippen molar-refractivity contribution >= 4 is 5.91 Å². The van der Waals surface area contributed by atoms with E-state index in [1.165, 1.54) is 29.8 Å². The highest BCUT2D eigenvalue weighted by Crippen LogP contribution is 2.27. The molecule has 0 saturated heterocycles. The summed E-state index contributed by atoms with van der Waals surface area (Å²) in [4.78, 5) is 16.8. The topological polar surface area (TPSA) is 82.2 Å². The van der Waals surface area contributed by atoms with E-state index in [0.717, 1.165) is 11.1 Å². The lowest BCUT2D eigenvalue weighted by molar-refractivity contribution is -0.274. The van der Waals surface area contributed by atoms with Gasteiger partial charge >= 0.3 is 6.36 Å². The first-order valence-electron chi connectivity index (χ1n) is 10.4. The van der Waals surface area contributed by atoms with Gasteiger partial charge < -0.3 is 19.1 Å². The summed E-state index contributed by atoms with van der Waals surface area (Å²) in [6.07, 6.45) is -3.05. The number of benzene rings is 2. The summed E-state index contributed by atoms with van der Waals surface area (Å²) >= 11 is 0. The number of hydrogen-bond donors (Lipinski definition) is 1. The van der Waals surface area contributed by atoms with Gasteiger partial charge in [-0.2, -0.15) is 4.98 Å². The molecule has 0 unspecified atom stereocenters. The van der Waals surface area contributed by atoms with Crippen LogP contribution >= 0.6 is 0 Å². The lowest BCUT2D eigenvalue weighted by Gasteiger charge is -2.09. The van der Waals surface area contributed by atoms with Crippen LogP contribution in [0.1, 0.15) is 16.7 Å². The average Bonchev–Trinajstić information content (AvgIpc) is 3.43. The average molecular weight is 470 g/mol. The number of halogens is 3. The number of carbonyl (C=O) groups is 1. The number of aromatic nitrogens is 3. The summed E-state index contributed by atoms with van der Waals surface area (Å²) in [6, 6.07) is 14.6. The second kappa shape index (κ2) is 9.42. The molecule has 4 aromatic rings. The molecular formula is C24H21F3N4O3. The summed E-state index contributed by atoms with van der Waals surface area (Å²) in [6.45, 7) is 4.52. The predicted octanol–water partition coefficient (Wildman–Crippen LogP) is 5.04. The molecule has 0 spiro atoms. The van der Waals surface area contributed by atoms with Crippen molar-refractivity contribution in [1.29, 1.82) is 0 Å². The van der Waals surface area contributed by atoms with Crippen molar-refractivity contribution in [3.05, 3.63) is 77.5 Å². The van der Waals surface area contributed by atoms with Crippen molar-refractivity contribution in [3.63, 3.8) is 0 Å². The van der Waals surface area contributed by atoms with Crippen molar-refractivity contribution in [2.75, 3.05) is 0 Å². The van der Waals surface area contributed by atoms with Crippen LogP contribution in [-0.2, 0) is 17.9 Å². The predicted molar refractivity (Wildman–Crippen MR) is 118 cm³/mol. The molecular weight excluding hydrogens is 449 g/mol. The Kier molecular flexibility index (Phi) is 6.40. The van der Waals surface area contributed by atoms with E-state index < -0.39 is 6.36 Å². The minimum atomic E-state index is -4.77. The largest absolute Gasteiger partial charge is 0.573 e. The molecule has 34 heavy (non-hydrogen) atoms. The van der Waals surface area contributed by atoms with Gasteiger partial charge in [0.2, 0.25) is 11.7 Å². The molecule has 0 radical (unpaired) electrons. The first-order valence-corrected chi connectivity index (χ1v) is 10.4. The van der Waals surface area contributed by atoms with Gasteiger partial charge in [-0.1, -0.05) is 23.4 Å². The maximum Gasteiger partial charge on any atom is 0.573 e. The van der Waals surface area contributed by atoms with Gasteiger partial charge in [-0.3, -0.25) is 4.79 Å². The van der Waals surface area contributed by atoms with Crippen molar-refractivity contribution in [2.24, 2.45) is 0 Å². The molecule has 176 valence electrons. The van der Waals surface area contributed by atoms with E-state index in [0.29, 0.717) is 17.8 Å². The number of nitrogens with one attached hydrogen (secondary N) is 1. The van der Waals surface area contributed by atoms with E-state index in [9.17, 15) is 18.0 Å². The minimum absolute atomic E-state index is 0.0500. The van der Waals surface area contributed by atoms with Crippen LogP contribution in [0, 0.1) is 13.8 Å². The number of carbonyl (C=O) groups excluding carboxylic acids is 1. The van der Waals surface area contributed by atoms with Crippen LogP contribution in [0.3, 0.4) is 0 Å². The number of hydrogen-bond acceptors (Lipinski definition) is 5. The number of amides is 1. The maximum atomic E-state index is 12.5. The van der Waals surface area contributed by atoms with Gasteiger partial charge in [0.05, 0.1) is 0 Å². The molecule has 1 amide bonds. The van der Waals surface area contributed by atoms with Gasteiger partial charge in [-0.15, -0.1) is 13.2 Å². The fourth-order valence-electron chi connectivity index (χ4n) is 3.32. The van der Waals surface area contributed by atoms with Crippen LogP contribution in [-0.4, -0.2) is 27.0 Å². The number of nitrogens with zero attached hydrogens (tertiary/aromatic N) is 3. The van der Waals surface area contributed by atoms with Crippen LogP contribution < -0.4 is 10.1 Å². The fraction of sp³-hybridized carbons (Fsp3) is 0.208. The van der Waals surface area contributed by atoms with Crippen molar-refractivity contribution in [3.8, 4) is 28.7 Å². The molecule has 0 bridgehead atoms. The molecule has 2 heterocycles. The van der Waals surface area contributed by atoms with E-state index in [1.54, 1.807) is 22.9 Å². The van der Waals surface area contributed by atoms with Gasteiger partial charge in [-0.25, -0.2) is 0 Å². The summed E-state index contributed by atoms with van der Waals surface area (Å²) in [5, 5.41) is 6.79. The Balaban J connectivity index is 1.41. The third-order valence-electron chi connectivity index (χ3n) is 5.20.